The van der Waals surface area contributed by atoms with Crippen molar-refractivity contribution in [2.75, 3.05) is 12.3 Å². The van der Waals surface area contributed by atoms with E-state index in [1.165, 1.54) is 0 Å². The minimum absolute atomic E-state index is 0.0680. The lowest BCUT2D eigenvalue weighted by atomic mass is 10.1. The predicted octanol–water partition coefficient (Wildman–Crippen LogP) is 2.22. The second kappa shape index (κ2) is 6.01. The molecular formula is C16H12F3N7O. The molecule has 0 amide bonds. The van der Waals surface area contributed by atoms with Crippen LogP contribution in [0.25, 0.3) is 22.9 Å². The number of aromatic nitrogens is 5. The number of alkyl halides is 3. The number of hydrogen-bond donors (Lipinski definition) is 1. The predicted molar refractivity (Wildman–Crippen MR) is 87.4 cm³/mol. The summed E-state index contributed by atoms with van der Waals surface area (Å²) in [5.41, 5.74) is 6.78. The van der Waals surface area contributed by atoms with Crippen LogP contribution in [0, 0.1) is 11.3 Å². The highest BCUT2D eigenvalue weighted by atomic mass is 19.4. The standard InChI is InChI=1S/C16H12F3N7O/c17-16(18,19)8-26-14(23-15(21)24-26)11-7-25-3-4-27-12-5-9(6-20)1-2-10(12)13(25)22-11/h1-2,5,7H,3-4,8H2,(H2,21,24). The summed E-state index contributed by atoms with van der Waals surface area (Å²) in [5, 5.41) is 12.7. The third kappa shape index (κ3) is 3.17. The van der Waals surface area contributed by atoms with Crippen molar-refractivity contribution in [3.8, 4) is 34.7 Å². The molecule has 8 nitrogen and oxygen atoms in total. The maximum atomic E-state index is 12.8. The number of ether oxygens (including phenoxy) is 1. The molecule has 1 aromatic carbocycles. The summed E-state index contributed by atoms with van der Waals surface area (Å²) in [4.78, 5) is 8.33. The lowest BCUT2D eigenvalue weighted by molar-refractivity contribution is -0.142. The van der Waals surface area contributed by atoms with Crippen molar-refractivity contribution in [3.05, 3.63) is 30.0 Å². The van der Waals surface area contributed by atoms with Crippen molar-refractivity contribution >= 4 is 5.95 Å². The molecule has 0 saturated carbocycles. The Morgan fingerprint density at radius 1 is 1.26 bits per heavy atom. The van der Waals surface area contributed by atoms with Crippen molar-refractivity contribution in [2.45, 2.75) is 19.3 Å². The first-order valence-corrected chi connectivity index (χ1v) is 7.86. The maximum Gasteiger partial charge on any atom is 0.408 e. The molecule has 3 heterocycles. The van der Waals surface area contributed by atoms with Gasteiger partial charge in [-0.15, -0.1) is 5.10 Å². The van der Waals surface area contributed by atoms with Crippen molar-refractivity contribution in [1.29, 1.82) is 5.26 Å². The van der Waals surface area contributed by atoms with Crippen LogP contribution in [0.3, 0.4) is 0 Å². The van der Waals surface area contributed by atoms with Crippen LogP contribution >= 0.6 is 0 Å². The quantitative estimate of drug-likeness (QED) is 0.736. The molecule has 0 spiro atoms. The van der Waals surface area contributed by atoms with Gasteiger partial charge < -0.3 is 15.0 Å². The van der Waals surface area contributed by atoms with Gasteiger partial charge in [0.1, 0.15) is 30.4 Å². The summed E-state index contributed by atoms with van der Waals surface area (Å²) >= 11 is 0. The summed E-state index contributed by atoms with van der Waals surface area (Å²) in [6, 6.07) is 6.95. The zero-order valence-electron chi connectivity index (χ0n) is 13.7. The molecule has 0 saturated heterocycles. The van der Waals surface area contributed by atoms with E-state index in [-0.39, 0.29) is 17.5 Å². The van der Waals surface area contributed by atoms with Crippen LogP contribution in [-0.2, 0) is 13.1 Å². The Morgan fingerprint density at radius 3 is 2.81 bits per heavy atom. The number of benzene rings is 1. The number of nitrogens with two attached hydrogens (primary N) is 1. The molecule has 0 aliphatic carbocycles. The summed E-state index contributed by atoms with van der Waals surface area (Å²) in [6.45, 7) is -0.566. The van der Waals surface area contributed by atoms with E-state index < -0.39 is 12.7 Å². The zero-order valence-corrected chi connectivity index (χ0v) is 13.7. The van der Waals surface area contributed by atoms with E-state index in [0.717, 1.165) is 0 Å². The summed E-state index contributed by atoms with van der Waals surface area (Å²) in [6.07, 6.45) is -2.89. The molecule has 1 aliphatic rings. The van der Waals surface area contributed by atoms with Gasteiger partial charge in [0.25, 0.3) is 0 Å². The first kappa shape index (κ1) is 16.9. The fraction of sp³-hybridized carbons (Fsp3) is 0.250. The normalized spacial score (nSPS) is 13.3. The van der Waals surface area contributed by atoms with E-state index in [0.29, 0.717) is 40.5 Å². The molecule has 2 N–H and O–H groups in total. The largest absolute Gasteiger partial charge is 0.491 e. The van der Waals surface area contributed by atoms with Crippen LogP contribution in [0.4, 0.5) is 19.1 Å². The topological polar surface area (TPSA) is 108 Å². The van der Waals surface area contributed by atoms with Gasteiger partial charge in [-0.3, -0.25) is 0 Å². The average molecular weight is 375 g/mol. The molecule has 0 fully saturated rings. The Kier molecular flexibility index (Phi) is 3.76. The van der Waals surface area contributed by atoms with E-state index in [4.69, 9.17) is 15.7 Å². The molecule has 138 valence electrons. The van der Waals surface area contributed by atoms with Gasteiger partial charge in [-0.25, -0.2) is 9.67 Å². The van der Waals surface area contributed by atoms with Gasteiger partial charge in [0.2, 0.25) is 5.95 Å². The Labute approximate surface area is 150 Å². The molecule has 1 aliphatic heterocycles. The number of hydrogen-bond acceptors (Lipinski definition) is 6. The van der Waals surface area contributed by atoms with Gasteiger partial charge >= 0.3 is 6.18 Å². The molecule has 27 heavy (non-hydrogen) atoms. The summed E-state index contributed by atoms with van der Waals surface area (Å²) < 4.78 is 46.5. The van der Waals surface area contributed by atoms with Crippen molar-refractivity contribution in [2.24, 2.45) is 0 Å². The summed E-state index contributed by atoms with van der Waals surface area (Å²) in [5.74, 6) is 0.657. The lowest BCUT2D eigenvalue weighted by Crippen LogP contribution is -2.19. The highest BCUT2D eigenvalue weighted by Gasteiger charge is 2.31. The number of nitrogens with zero attached hydrogens (tertiary/aromatic N) is 6. The molecule has 0 bridgehead atoms. The summed E-state index contributed by atoms with van der Waals surface area (Å²) in [7, 11) is 0. The molecule has 0 radical (unpaired) electrons. The number of anilines is 1. The molecule has 11 heteroatoms. The van der Waals surface area contributed by atoms with Crippen LogP contribution in [0.2, 0.25) is 0 Å². The van der Waals surface area contributed by atoms with E-state index >= 15 is 0 Å². The third-order valence-corrected chi connectivity index (χ3v) is 3.96. The lowest BCUT2D eigenvalue weighted by Gasteiger charge is -2.07. The highest BCUT2D eigenvalue weighted by molar-refractivity contribution is 5.69. The fourth-order valence-electron chi connectivity index (χ4n) is 2.89. The van der Waals surface area contributed by atoms with E-state index in [2.05, 4.69) is 15.1 Å². The number of rotatable bonds is 2. The number of halogens is 3. The molecule has 3 aromatic rings. The minimum atomic E-state index is -4.47. The van der Waals surface area contributed by atoms with Gasteiger partial charge in [-0.05, 0) is 18.2 Å². The van der Waals surface area contributed by atoms with Crippen molar-refractivity contribution in [1.82, 2.24) is 24.3 Å². The fourth-order valence-corrected chi connectivity index (χ4v) is 2.89. The van der Waals surface area contributed by atoms with Crippen LogP contribution in [-0.4, -0.2) is 37.1 Å². The number of fused-ring (bicyclic) bond motifs is 3. The van der Waals surface area contributed by atoms with E-state index in [9.17, 15) is 13.2 Å². The highest BCUT2D eigenvalue weighted by Crippen LogP contribution is 2.34. The number of nitrogen functional groups attached to an aromatic ring is 1. The molecule has 0 atom stereocenters. The molecule has 4 rings (SSSR count). The molecule has 2 aromatic heterocycles. The average Bonchev–Trinajstić information content (AvgIpc) is 3.12. The molecule has 0 unspecified atom stereocenters. The molecular weight excluding hydrogens is 363 g/mol. The zero-order chi connectivity index (χ0) is 19.2. The first-order valence-electron chi connectivity index (χ1n) is 7.86. The van der Waals surface area contributed by atoms with Gasteiger partial charge in [-0.1, -0.05) is 0 Å². The number of nitriles is 1. The Hall–Kier alpha value is -3.55. The van der Waals surface area contributed by atoms with Crippen LogP contribution in [0.1, 0.15) is 5.56 Å². The maximum absolute atomic E-state index is 12.8. The van der Waals surface area contributed by atoms with Gasteiger partial charge in [0.15, 0.2) is 5.82 Å². The third-order valence-electron chi connectivity index (χ3n) is 3.96. The van der Waals surface area contributed by atoms with Crippen LogP contribution in [0.5, 0.6) is 5.75 Å². The van der Waals surface area contributed by atoms with Gasteiger partial charge in [-0.2, -0.15) is 23.4 Å². The van der Waals surface area contributed by atoms with E-state index in [1.54, 1.807) is 29.0 Å². The second-order valence-corrected chi connectivity index (χ2v) is 5.88. The van der Waals surface area contributed by atoms with E-state index in [1.807, 2.05) is 6.07 Å². The Morgan fingerprint density at radius 2 is 2.07 bits per heavy atom. The second-order valence-electron chi connectivity index (χ2n) is 5.88. The Bertz CT molecular complexity index is 1060. The van der Waals surface area contributed by atoms with Crippen molar-refractivity contribution in [3.63, 3.8) is 0 Å². The first-order chi connectivity index (χ1) is 12.8. The van der Waals surface area contributed by atoms with Gasteiger partial charge in [0.05, 0.1) is 23.7 Å². The Balaban J connectivity index is 1.81. The SMILES string of the molecule is N#Cc1ccc2c(c1)OCCn1cc(-c3nc(N)nn3CC(F)(F)F)nc1-2. The van der Waals surface area contributed by atoms with Crippen LogP contribution < -0.4 is 10.5 Å². The monoisotopic (exact) mass is 375 g/mol. The van der Waals surface area contributed by atoms with Crippen LogP contribution in [0.15, 0.2) is 24.4 Å². The smallest absolute Gasteiger partial charge is 0.408 e. The van der Waals surface area contributed by atoms with Gasteiger partial charge in [0, 0.05) is 6.20 Å². The minimum Gasteiger partial charge on any atom is -0.491 e. The van der Waals surface area contributed by atoms with Crippen molar-refractivity contribution < 1.29 is 17.9 Å². The number of imidazole rings is 1.